The number of rotatable bonds is 5. The van der Waals surface area contributed by atoms with Crippen LogP contribution in [0.4, 0.5) is 11.4 Å². The van der Waals surface area contributed by atoms with Crippen LogP contribution in [0, 0.1) is 6.92 Å². The van der Waals surface area contributed by atoms with Gasteiger partial charge in [-0.15, -0.1) is 11.3 Å². The summed E-state index contributed by atoms with van der Waals surface area (Å²) >= 11 is 1.57. The van der Waals surface area contributed by atoms with Crippen LogP contribution in [0.1, 0.15) is 10.4 Å². The van der Waals surface area contributed by atoms with Crippen molar-refractivity contribution in [3.05, 3.63) is 76.5 Å². The summed E-state index contributed by atoms with van der Waals surface area (Å²) in [5.41, 5.74) is 2.03. The predicted molar refractivity (Wildman–Crippen MR) is 100 cm³/mol. The van der Waals surface area contributed by atoms with E-state index >= 15 is 0 Å². The van der Waals surface area contributed by atoms with Crippen molar-refractivity contribution in [1.29, 1.82) is 0 Å². The Labute approximate surface area is 145 Å². The van der Waals surface area contributed by atoms with Crippen molar-refractivity contribution < 1.29 is 8.42 Å². The maximum atomic E-state index is 12.5. The van der Waals surface area contributed by atoms with Crippen LogP contribution in [-0.4, -0.2) is 14.6 Å². The second-order valence-corrected chi connectivity index (χ2v) is 7.87. The molecule has 6 heteroatoms. The molecule has 3 rings (SSSR count). The quantitative estimate of drug-likeness (QED) is 0.679. The number of nitrogens with zero attached hydrogens (tertiary/aromatic N) is 1. The van der Waals surface area contributed by atoms with Crippen molar-refractivity contribution in [3.8, 4) is 0 Å². The third-order valence-corrected chi connectivity index (χ3v) is 5.54. The minimum Gasteiger partial charge on any atom is -0.277 e. The lowest BCUT2D eigenvalue weighted by atomic mass is 10.2. The number of hydrogen-bond acceptors (Lipinski definition) is 4. The Morgan fingerprint density at radius 2 is 1.75 bits per heavy atom. The Hall–Kier alpha value is -2.44. The van der Waals surface area contributed by atoms with Crippen molar-refractivity contribution in [3.63, 3.8) is 0 Å². The van der Waals surface area contributed by atoms with Gasteiger partial charge in [-0.3, -0.25) is 9.71 Å². The van der Waals surface area contributed by atoms with Crippen molar-refractivity contribution in [2.45, 2.75) is 11.8 Å². The number of aryl methyl sites for hydroxylation is 1. The SMILES string of the molecule is Cc1ccc(S(=O)(=O)Nc2ccccc2N=Cc2cccs2)cc1. The molecule has 0 amide bonds. The summed E-state index contributed by atoms with van der Waals surface area (Å²) in [6.45, 7) is 1.92. The number of benzene rings is 2. The molecule has 122 valence electrons. The average molecular weight is 356 g/mol. The monoisotopic (exact) mass is 356 g/mol. The lowest BCUT2D eigenvalue weighted by molar-refractivity contribution is 0.601. The molecule has 0 atom stereocenters. The molecular formula is C18H16N2O2S2. The molecule has 3 aromatic rings. The fraction of sp³-hybridized carbons (Fsp3) is 0.0556. The van der Waals surface area contributed by atoms with E-state index in [1.165, 1.54) is 0 Å². The lowest BCUT2D eigenvalue weighted by Gasteiger charge is -2.10. The van der Waals surface area contributed by atoms with Gasteiger partial charge in [0.2, 0.25) is 0 Å². The molecule has 0 radical (unpaired) electrons. The van der Waals surface area contributed by atoms with Gasteiger partial charge in [0.25, 0.3) is 10.0 Å². The van der Waals surface area contributed by atoms with E-state index in [0.29, 0.717) is 11.4 Å². The molecule has 0 unspecified atom stereocenters. The number of aliphatic imine (C=N–C) groups is 1. The van der Waals surface area contributed by atoms with Gasteiger partial charge in [-0.25, -0.2) is 8.42 Å². The van der Waals surface area contributed by atoms with Crippen LogP contribution in [0.15, 0.2) is 75.9 Å². The van der Waals surface area contributed by atoms with E-state index in [-0.39, 0.29) is 4.90 Å². The third kappa shape index (κ3) is 3.90. The van der Waals surface area contributed by atoms with Gasteiger partial charge >= 0.3 is 0 Å². The molecule has 0 saturated heterocycles. The predicted octanol–water partition coefficient (Wildman–Crippen LogP) is 4.61. The average Bonchev–Trinajstić information content (AvgIpc) is 3.07. The van der Waals surface area contributed by atoms with Crippen LogP contribution in [-0.2, 0) is 10.0 Å². The van der Waals surface area contributed by atoms with Gasteiger partial charge in [-0.2, -0.15) is 0 Å². The van der Waals surface area contributed by atoms with Gasteiger partial charge < -0.3 is 0 Å². The standard InChI is InChI=1S/C18H16N2O2S2/c1-14-8-10-16(11-9-14)24(21,22)20-18-7-3-2-6-17(18)19-13-15-5-4-12-23-15/h2-13,20H,1H3. The van der Waals surface area contributed by atoms with Gasteiger partial charge in [0.1, 0.15) is 0 Å². The smallest absolute Gasteiger partial charge is 0.261 e. The first-order valence-corrected chi connectivity index (χ1v) is 9.67. The molecule has 0 saturated carbocycles. The molecule has 2 aromatic carbocycles. The largest absolute Gasteiger partial charge is 0.277 e. The van der Waals surface area contributed by atoms with Crippen molar-refractivity contribution in [2.24, 2.45) is 4.99 Å². The number of nitrogens with one attached hydrogen (secondary N) is 1. The summed E-state index contributed by atoms with van der Waals surface area (Å²) in [7, 11) is -3.65. The first-order chi connectivity index (χ1) is 11.5. The highest BCUT2D eigenvalue weighted by molar-refractivity contribution is 7.92. The summed E-state index contributed by atoms with van der Waals surface area (Å²) in [5, 5.41) is 1.97. The molecule has 0 spiro atoms. The van der Waals surface area contributed by atoms with E-state index < -0.39 is 10.0 Å². The Morgan fingerprint density at radius 1 is 1.00 bits per heavy atom. The summed E-state index contributed by atoms with van der Waals surface area (Å²) in [4.78, 5) is 5.63. The number of thiophene rings is 1. The topological polar surface area (TPSA) is 58.5 Å². The van der Waals surface area contributed by atoms with Gasteiger partial charge in [-0.1, -0.05) is 35.9 Å². The van der Waals surface area contributed by atoms with E-state index in [0.717, 1.165) is 10.4 Å². The Kier molecular flexibility index (Phi) is 4.78. The molecule has 1 aromatic heterocycles. The van der Waals surface area contributed by atoms with Gasteiger partial charge in [-0.05, 0) is 42.6 Å². The molecule has 4 nitrogen and oxygen atoms in total. The zero-order valence-electron chi connectivity index (χ0n) is 13.0. The van der Waals surface area contributed by atoms with E-state index in [2.05, 4.69) is 9.71 Å². The Morgan fingerprint density at radius 3 is 2.46 bits per heavy atom. The zero-order chi connectivity index (χ0) is 17.0. The summed E-state index contributed by atoms with van der Waals surface area (Å²) in [6.07, 6.45) is 1.73. The van der Waals surface area contributed by atoms with E-state index in [1.807, 2.05) is 30.5 Å². The summed E-state index contributed by atoms with van der Waals surface area (Å²) in [5.74, 6) is 0. The second kappa shape index (κ2) is 6.98. The van der Waals surface area contributed by atoms with Crippen LogP contribution >= 0.6 is 11.3 Å². The van der Waals surface area contributed by atoms with Crippen LogP contribution < -0.4 is 4.72 Å². The highest BCUT2D eigenvalue weighted by Gasteiger charge is 2.15. The van der Waals surface area contributed by atoms with Crippen LogP contribution in [0.3, 0.4) is 0 Å². The first kappa shape index (κ1) is 16.4. The number of sulfonamides is 1. The second-order valence-electron chi connectivity index (χ2n) is 5.21. The first-order valence-electron chi connectivity index (χ1n) is 7.31. The highest BCUT2D eigenvalue weighted by atomic mass is 32.2. The molecule has 1 heterocycles. The van der Waals surface area contributed by atoms with E-state index in [1.54, 1.807) is 60.0 Å². The lowest BCUT2D eigenvalue weighted by Crippen LogP contribution is -2.13. The third-order valence-electron chi connectivity index (χ3n) is 3.35. The van der Waals surface area contributed by atoms with Crippen LogP contribution in [0.5, 0.6) is 0 Å². The summed E-state index contributed by atoms with van der Waals surface area (Å²) in [6, 6.07) is 17.7. The fourth-order valence-electron chi connectivity index (χ4n) is 2.09. The van der Waals surface area contributed by atoms with Gasteiger partial charge in [0, 0.05) is 11.1 Å². The molecule has 0 bridgehead atoms. The molecule has 24 heavy (non-hydrogen) atoms. The van der Waals surface area contributed by atoms with Crippen LogP contribution in [0.2, 0.25) is 0 Å². The number of para-hydroxylation sites is 2. The van der Waals surface area contributed by atoms with Gasteiger partial charge in [0.05, 0.1) is 16.3 Å². The molecule has 0 aliphatic heterocycles. The van der Waals surface area contributed by atoms with E-state index in [9.17, 15) is 8.42 Å². The number of hydrogen-bond donors (Lipinski definition) is 1. The van der Waals surface area contributed by atoms with Crippen molar-refractivity contribution in [2.75, 3.05) is 4.72 Å². The number of anilines is 1. The molecule has 0 aliphatic rings. The maximum Gasteiger partial charge on any atom is 0.261 e. The normalized spacial score (nSPS) is 11.7. The molecule has 0 fully saturated rings. The molecule has 1 N–H and O–H groups in total. The molecule has 0 aliphatic carbocycles. The van der Waals surface area contributed by atoms with Gasteiger partial charge in [0.15, 0.2) is 0 Å². The van der Waals surface area contributed by atoms with Crippen molar-refractivity contribution >= 4 is 38.9 Å². The molecular weight excluding hydrogens is 340 g/mol. The fourth-order valence-corrected chi connectivity index (χ4v) is 3.75. The Bertz CT molecular complexity index is 945. The van der Waals surface area contributed by atoms with Crippen molar-refractivity contribution in [1.82, 2.24) is 0 Å². The highest BCUT2D eigenvalue weighted by Crippen LogP contribution is 2.27. The summed E-state index contributed by atoms with van der Waals surface area (Å²) < 4.78 is 27.7. The maximum absolute atomic E-state index is 12.5. The van der Waals surface area contributed by atoms with Crippen LogP contribution in [0.25, 0.3) is 0 Å². The zero-order valence-corrected chi connectivity index (χ0v) is 14.6. The van der Waals surface area contributed by atoms with E-state index in [4.69, 9.17) is 0 Å². The Balaban J connectivity index is 1.88. The minimum absolute atomic E-state index is 0.227. The minimum atomic E-state index is -3.65.